The van der Waals surface area contributed by atoms with Gasteiger partial charge in [-0.05, 0) is 12.3 Å². The fourth-order valence-electron chi connectivity index (χ4n) is 0.971. The van der Waals surface area contributed by atoms with Crippen LogP contribution in [0.4, 0.5) is 0 Å². The Morgan fingerprint density at radius 1 is 1.75 bits per heavy atom. The van der Waals surface area contributed by atoms with Gasteiger partial charge in [0.05, 0.1) is 5.38 Å². The molecule has 0 N–H and O–H groups in total. The summed E-state index contributed by atoms with van der Waals surface area (Å²) in [6, 6.07) is 0. The van der Waals surface area contributed by atoms with E-state index >= 15 is 0 Å². The van der Waals surface area contributed by atoms with Gasteiger partial charge in [0.1, 0.15) is 0 Å². The molecule has 1 nitrogen and oxygen atoms in total. The van der Waals surface area contributed by atoms with Gasteiger partial charge in [0.25, 0.3) is 0 Å². The van der Waals surface area contributed by atoms with E-state index in [1.807, 2.05) is 6.92 Å². The zero-order chi connectivity index (χ0) is 6.15. The van der Waals surface area contributed by atoms with Crippen molar-refractivity contribution in [3.8, 4) is 0 Å². The van der Waals surface area contributed by atoms with Gasteiger partial charge in [-0.25, -0.2) is 0 Å². The maximum atomic E-state index is 10.7. The van der Waals surface area contributed by atoms with Crippen LogP contribution in [0.15, 0.2) is 0 Å². The van der Waals surface area contributed by atoms with Crippen molar-refractivity contribution < 1.29 is 4.79 Å². The Morgan fingerprint density at radius 2 is 2.38 bits per heavy atom. The second kappa shape index (κ2) is 2.06. The number of hydrogen-bond donors (Lipinski definition) is 0. The van der Waals surface area contributed by atoms with Gasteiger partial charge >= 0.3 is 0 Å². The van der Waals surface area contributed by atoms with Gasteiger partial charge < -0.3 is 0 Å². The average molecular weight is 133 g/mol. The van der Waals surface area contributed by atoms with Crippen molar-refractivity contribution in [2.24, 2.45) is 5.92 Å². The van der Waals surface area contributed by atoms with Crippen LogP contribution in [0.5, 0.6) is 0 Å². The summed E-state index contributed by atoms with van der Waals surface area (Å²) in [5, 5.41) is -0.185. The highest BCUT2D eigenvalue weighted by atomic mass is 35.5. The normalized spacial score (nSPS) is 38.5. The van der Waals surface area contributed by atoms with Gasteiger partial charge in [0.2, 0.25) is 0 Å². The summed E-state index contributed by atoms with van der Waals surface area (Å²) in [5.41, 5.74) is 0. The summed E-state index contributed by atoms with van der Waals surface area (Å²) in [5.74, 6) is 0.628. The van der Waals surface area contributed by atoms with Gasteiger partial charge in [-0.15, -0.1) is 11.6 Å². The molecule has 0 bridgehead atoms. The molecule has 1 saturated carbocycles. The summed E-state index contributed by atoms with van der Waals surface area (Å²) in [7, 11) is 0. The Bertz CT molecular complexity index is 111. The summed E-state index contributed by atoms with van der Waals surface area (Å²) < 4.78 is 0. The third kappa shape index (κ3) is 0.873. The molecular formula is C6H9ClO. The number of alkyl halides is 1. The van der Waals surface area contributed by atoms with Gasteiger partial charge in [-0.3, -0.25) is 4.79 Å². The Balaban J connectivity index is 2.56. The number of rotatable bonds is 0. The van der Waals surface area contributed by atoms with Crippen LogP contribution in [-0.2, 0) is 4.79 Å². The lowest BCUT2D eigenvalue weighted by atomic mass is 10.1. The Morgan fingerprint density at radius 3 is 2.50 bits per heavy atom. The van der Waals surface area contributed by atoms with Crippen LogP contribution in [-0.4, -0.2) is 11.2 Å². The van der Waals surface area contributed by atoms with Crippen molar-refractivity contribution >= 4 is 17.4 Å². The number of ketones is 1. The predicted molar refractivity (Wildman–Crippen MR) is 33.0 cm³/mol. The first-order valence-corrected chi connectivity index (χ1v) is 3.32. The smallest absolute Gasteiger partial charge is 0.150 e. The van der Waals surface area contributed by atoms with Gasteiger partial charge in [-0.1, -0.05) is 6.92 Å². The van der Waals surface area contributed by atoms with Crippen molar-refractivity contribution in [1.29, 1.82) is 0 Å². The molecule has 0 spiro atoms. The molecule has 0 saturated heterocycles. The first-order chi connectivity index (χ1) is 3.72. The van der Waals surface area contributed by atoms with E-state index in [1.54, 1.807) is 0 Å². The van der Waals surface area contributed by atoms with Crippen LogP contribution in [0.1, 0.15) is 19.8 Å². The molecule has 2 atom stereocenters. The SMILES string of the molecule is C[C@H]1CCC(=O)[C@H]1Cl. The van der Waals surface area contributed by atoms with E-state index in [0.29, 0.717) is 12.3 Å². The lowest BCUT2D eigenvalue weighted by Gasteiger charge is -2.01. The number of Topliss-reactive ketones (excluding diaryl/α,β-unsaturated/α-hetero) is 1. The zero-order valence-corrected chi connectivity index (χ0v) is 5.61. The Kier molecular flexibility index (Phi) is 1.57. The quantitative estimate of drug-likeness (QED) is 0.458. The average Bonchev–Trinajstić information content (AvgIpc) is 1.98. The van der Waals surface area contributed by atoms with Crippen LogP contribution in [0.2, 0.25) is 0 Å². The molecule has 0 aromatic rings. The molecule has 0 aromatic heterocycles. The zero-order valence-electron chi connectivity index (χ0n) is 4.86. The van der Waals surface area contributed by atoms with Crippen LogP contribution in [0.3, 0.4) is 0 Å². The van der Waals surface area contributed by atoms with E-state index in [2.05, 4.69) is 0 Å². The molecule has 0 unspecified atom stereocenters. The molecule has 8 heavy (non-hydrogen) atoms. The summed E-state index contributed by atoms with van der Waals surface area (Å²) in [6.45, 7) is 2.02. The van der Waals surface area contributed by atoms with E-state index in [9.17, 15) is 4.79 Å². The number of carbonyl (C=O) groups excluding carboxylic acids is 1. The first-order valence-electron chi connectivity index (χ1n) is 2.88. The van der Waals surface area contributed by atoms with E-state index in [-0.39, 0.29) is 11.2 Å². The van der Waals surface area contributed by atoms with Crippen molar-refractivity contribution in [3.63, 3.8) is 0 Å². The molecule has 1 aliphatic rings. The van der Waals surface area contributed by atoms with Crippen LogP contribution < -0.4 is 0 Å². The Hall–Kier alpha value is -0.0400. The van der Waals surface area contributed by atoms with Crippen molar-refractivity contribution in [2.75, 3.05) is 0 Å². The molecule has 2 heteroatoms. The highest BCUT2D eigenvalue weighted by Crippen LogP contribution is 2.25. The van der Waals surface area contributed by atoms with Gasteiger partial charge in [0, 0.05) is 6.42 Å². The second-order valence-corrected chi connectivity index (χ2v) is 2.85. The van der Waals surface area contributed by atoms with Crippen LogP contribution in [0, 0.1) is 5.92 Å². The topological polar surface area (TPSA) is 17.1 Å². The second-order valence-electron chi connectivity index (χ2n) is 2.38. The molecule has 1 fully saturated rings. The molecular weight excluding hydrogens is 124 g/mol. The molecule has 1 rings (SSSR count). The summed E-state index contributed by atoms with van der Waals surface area (Å²) >= 11 is 5.66. The fraction of sp³-hybridized carbons (Fsp3) is 0.833. The third-order valence-corrected chi connectivity index (χ3v) is 2.33. The highest BCUT2D eigenvalue weighted by molar-refractivity contribution is 6.31. The standard InChI is InChI=1S/C6H9ClO/c1-4-2-3-5(8)6(4)7/h4,6H,2-3H2,1H3/t4-,6-/m0/s1. The number of carbonyl (C=O) groups is 1. The largest absolute Gasteiger partial charge is 0.298 e. The van der Waals surface area contributed by atoms with E-state index in [4.69, 9.17) is 11.6 Å². The molecule has 0 aromatic carbocycles. The summed E-state index contributed by atoms with van der Waals surface area (Å²) in [6.07, 6.45) is 1.67. The van der Waals surface area contributed by atoms with E-state index in [1.165, 1.54) is 0 Å². The van der Waals surface area contributed by atoms with Crippen molar-refractivity contribution in [1.82, 2.24) is 0 Å². The number of halogens is 1. The minimum atomic E-state index is -0.185. The minimum absolute atomic E-state index is 0.185. The molecule has 0 aliphatic heterocycles. The molecule has 0 heterocycles. The van der Waals surface area contributed by atoms with Crippen molar-refractivity contribution in [3.05, 3.63) is 0 Å². The summed E-state index contributed by atoms with van der Waals surface area (Å²) in [4.78, 5) is 10.7. The third-order valence-electron chi connectivity index (χ3n) is 1.65. The molecule has 0 amide bonds. The van der Waals surface area contributed by atoms with E-state index in [0.717, 1.165) is 6.42 Å². The maximum absolute atomic E-state index is 10.7. The minimum Gasteiger partial charge on any atom is -0.298 e. The molecule has 46 valence electrons. The van der Waals surface area contributed by atoms with Crippen LogP contribution >= 0.6 is 11.6 Å². The van der Waals surface area contributed by atoms with Crippen molar-refractivity contribution in [2.45, 2.75) is 25.1 Å². The Labute approximate surface area is 54.0 Å². The van der Waals surface area contributed by atoms with Gasteiger partial charge in [0.15, 0.2) is 5.78 Å². The highest BCUT2D eigenvalue weighted by Gasteiger charge is 2.28. The lowest BCUT2D eigenvalue weighted by molar-refractivity contribution is -0.117. The maximum Gasteiger partial charge on any atom is 0.150 e. The molecule has 0 radical (unpaired) electrons. The first kappa shape index (κ1) is 6.09. The van der Waals surface area contributed by atoms with E-state index < -0.39 is 0 Å². The molecule has 1 aliphatic carbocycles. The lowest BCUT2D eigenvalue weighted by Crippen LogP contribution is -2.10. The van der Waals surface area contributed by atoms with Crippen LogP contribution in [0.25, 0.3) is 0 Å². The number of hydrogen-bond acceptors (Lipinski definition) is 1. The van der Waals surface area contributed by atoms with Gasteiger partial charge in [-0.2, -0.15) is 0 Å². The predicted octanol–water partition coefficient (Wildman–Crippen LogP) is 1.59. The monoisotopic (exact) mass is 132 g/mol. The fourth-order valence-corrected chi connectivity index (χ4v) is 1.21.